The van der Waals surface area contributed by atoms with Gasteiger partial charge < -0.3 is 0 Å². The first-order valence-electron chi connectivity index (χ1n) is 5.13. The summed E-state index contributed by atoms with van der Waals surface area (Å²) in [4.78, 5) is 4.06. The average molecular weight is 337 g/mol. The number of halogens is 1. The highest BCUT2D eigenvalue weighted by Crippen LogP contribution is 2.46. The third-order valence-corrected chi connectivity index (χ3v) is 6.04. The molecule has 0 aliphatic heterocycles. The second-order valence-corrected chi connectivity index (χ2v) is 8.01. The van der Waals surface area contributed by atoms with E-state index < -0.39 is 10.0 Å². The SMILES string of the molecule is CSC1(CNS(=O)(=O)c2cncc(Br)c2)CC1. The predicted octanol–water partition coefficient (Wildman–Crippen LogP) is 2.02. The molecule has 1 aliphatic carbocycles. The maximum Gasteiger partial charge on any atom is 0.242 e. The van der Waals surface area contributed by atoms with Gasteiger partial charge in [0.05, 0.1) is 0 Å². The molecule has 1 aliphatic rings. The first kappa shape index (κ1) is 13.3. The van der Waals surface area contributed by atoms with Crippen molar-refractivity contribution >= 4 is 37.7 Å². The van der Waals surface area contributed by atoms with Gasteiger partial charge in [-0.25, -0.2) is 13.1 Å². The molecule has 0 atom stereocenters. The second kappa shape index (κ2) is 4.87. The van der Waals surface area contributed by atoms with Crippen LogP contribution in [-0.4, -0.2) is 30.9 Å². The lowest BCUT2D eigenvalue weighted by atomic mass is 10.4. The van der Waals surface area contributed by atoms with Crippen molar-refractivity contribution in [2.45, 2.75) is 22.5 Å². The highest BCUT2D eigenvalue weighted by molar-refractivity contribution is 9.10. The lowest BCUT2D eigenvalue weighted by Crippen LogP contribution is -2.31. The number of nitrogens with one attached hydrogen (secondary N) is 1. The van der Waals surface area contributed by atoms with Crippen LogP contribution in [0.2, 0.25) is 0 Å². The summed E-state index contributed by atoms with van der Waals surface area (Å²) < 4.78 is 27.4. The zero-order chi connectivity index (χ0) is 12.5. The highest BCUT2D eigenvalue weighted by Gasteiger charge is 2.42. The Balaban J connectivity index is 2.09. The quantitative estimate of drug-likeness (QED) is 0.893. The fourth-order valence-corrected chi connectivity index (χ4v) is 3.89. The molecule has 0 amide bonds. The molecule has 0 saturated heterocycles. The number of aromatic nitrogens is 1. The fourth-order valence-electron chi connectivity index (χ4n) is 1.44. The Labute approximate surface area is 114 Å². The van der Waals surface area contributed by atoms with Gasteiger partial charge in [0, 0.05) is 28.2 Å². The molecule has 2 rings (SSSR count). The van der Waals surface area contributed by atoms with Crippen molar-refractivity contribution in [3.8, 4) is 0 Å². The van der Waals surface area contributed by atoms with Crippen LogP contribution in [0.3, 0.4) is 0 Å². The average Bonchev–Trinajstić information content (AvgIpc) is 3.07. The maximum absolute atomic E-state index is 12.0. The van der Waals surface area contributed by atoms with E-state index >= 15 is 0 Å². The second-order valence-electron chi connectivity index (χ2n) is 4.05. The number of pyridine rings is 1. The van der Waals surface area contributed by atoms with E-state index in [0.29, 0.717) is 11.0 Å². The Hall–Kier alpha value is -0.110. The standard InChI is InChI=1S/C10H13BrN2O2S2/c1-16-10(2-3-10)7-13-17(14,15)9-4-8(11)5-12-6-9/h4-6,13H,2-3,7H2,1H3. The van der Waals surface area contributed by atoms with Crippen molar-refractivity contribution in [1.29, 1.82) is 0 Å². The van der Waals surface area contributed by atoms with Crippen LogP contribution in [0.4, 0.5) is 0 Å². The molecule has 1 aromatic heterocycles. The number of hydrogen-bond donors (Lipinski definition) is 1. The smallest absolute Gasteiger partial charge is 0.242 e. The highest BCUT2D eigenvalue weighted by atomic mass is 79.9. The Bertz CT molecular complexity index is 515. The van der Waals surface area contributed by atoms with E-state index in [1.165, 1.54) is 6.20 Å². The van der Waals surface area contributed by atoms with Crippen molar-refractivity contribution in [3.63, 3.8) is 0 Å². The molecule has 1 aromatic rings. The van der Waals surface area contributed by atoms with Crippen LogP contribution in [0.5, 0.6) is 0 Å². The van der Waals surface area contributed by atoms with Crippen LogP contribution in [0.15, 0.2) is 27.8 Å². The third-order valence-electron chi connectivity index (χ3n) is 2.82. The van der Waals surface area contributed by atoms with Crippen molar-refractivity contribution in [1.82, 2.24) is 9.71 Å². The van der Waals surface area contributed by atoms with Crippen molar-refractivity contribution < 1.29 is 8.42 Å². The molecular formula is C10H13BrN2O2S2. The molecule has 17 heavy (non-hydrogen) atoms. The molecule has 0 aromatic carbocycles. The van der Waals surface area contributed by atoms with Crippen molar-refractivity contribution in [2.24, 2.45) is 0 Å². The molecule has 4 nitrogen and oxygen atoms in total. The van der Waals surface area contributed by atoms with Gasteiger partial charge in [-0.2, -0.15) is 11.8 Å². The molecular weight excluding hydrogens is 324 g/mol. The van der Waals surface area contributed by atoms with Crippen LogP contribution in [0.25, 0.3) is 0 Å². The zero-order valence-corrected chi connectivity index (χ0v) is 12.5. The van der Waals surface area contributed by atoms with Gasteiger partial charge >= 0.3 is 0 Å². The summed E-state index contributed by atoms with van der Waals surface area (Å²) in [5.74, 6) is 0. The summed E-state index contributed by atoms with van der Waals surface area (Å²) in [6.07, 6.45) is 7.08. The molecule has 1 saturated carbocycles. The summed E-state index contributed by atoms with van der Waals surface area (Å²) in [7, 11) is -3.44. The van der Waals surface area contributed by atoms with Gasteiger partial charge in [-0.1, -0.05) is 0 Å². The van der Waals surface area contributed by atoms with Crippen LogP contribution in [0.1, 0.15) is 12.8 Å². The topological polar surface area (TPSA) is 59.1 Å². The Kier molecular flexibility index (Phi) is 3.82. The lowest BCUT2D eigenvalue weighted by Gasteiger charge is -2.13. The van der Waals surface area contributed by atoms with E-state index in [1.54, 1.807) is 24.0 Å². The maximum atomic E-state index is 12.0. The molecule has 7 heteroatoms. The monoisotopic (exact) mass is 336 g/mol. The van der Waals surface area contributed by atoms with Gasteiger partial charge in [0.15, 0.2) is 0 Å². The lowest BCUT2D eigenvalue weighted by molar-refractivity contribution is 0.579. The minimum Gasteiger partial charge on any atom is -0.262 e. The van der Waals surface area contributed by atoms with E-state index in [2.05, 4.69) is 25.6 Å². The van der Waals surface area contributed by atoms with Gasteiger partial charge in [0.25, 0.3) is 0 Å². The van der Waals surface area contributed by atoms with Gasteiger partial charge in [-0.05, 0) is 41.1 Å². The molecule has 0 radical (unpaired) electrons. The van der Waals surface area contributed by atoms with Gasteiger partial charge in [0.1, 0.15) is 4.90 Å². The van der Waals surface area contributed by atoms with Crippen LogP contribution < -0.4 is 4.72 Å². The third kappa shape index (κ3) is 3.21. The number of thioether (sulfide) groups is 1. The molecule has 1 heterocycles. The van der Waals surface area contributed by atoms with Gasteiger partial charge in [-0.3, -0.25) is 4.98 Å². The largest absolute Gasteiger partial charge is 0.262 e. The minimum absolute atomic E-state index is 0.118. The van der Waals surface area contributed by atoms with E-state index in [9.17, 15) is 8.42 Å². The predicted molar refractivity (Wildman–Crippen MR) is 72.6 cm³/mol. The van der Waals surface area contributed by atoms with Gasteiger partial charge in [0.2, 0.25) is 10.0 Å². The molecule has 0 unspecified atom stereocenters. The minimum atomic E-state index is -3.44. The van der Waals surface area contributed by atoms with E-state index in [4.69, 9.17) is 0 Å². The Morgan fingerprint density at radius 3 is 2.76 bits per heavy atom. The molecule has 1 N–H and O–H groups in total. The molecule has 94 valence electrons. The summed E-state index contributed by atoms with van der Waals surface area (Å²) in [5, 5.41) is 0. The van der Waals surface area contributed by atoms with Gasteiger partial charge in [-0.15, -0.1) is 0 Å². The van der Waals surface area contributed by atoms with Crippen LogP contribution in [-0.2, 0) is 10.0 Å². The molecule has 1 fully saturated rings. The first-order valence-corrected chi connectivity index (χ1v) is 8.63. The molecule has 0 spiro atoms. The number of sulfonamides is 1. The number of nitrogens with zero attached hydrogens (tertiary/aromatic N) is 1. The van der Waals surface area contributed by atoms with Crippen molar-refractivity contribution in [3.05, 3.63) is 22.9 Å². The zero-order valence-electron chi connectivity index (χ0n) is 9.31. The summed E-state index contributed by atoms with van der Waals surface area (Å²) >= 11 is 4.94. The summed E-state index contributed by atoms with van der Waals surface area (Å²) in [5.41, 5.74) is 0. The summed E-state index contributed by atoms with van der Waals surface area (Å²) in [6.45, 7) is 0.489. The van der Waals surface area contributed by atoms with E-state index in [0.717, 1.165) is 12.8 Å². The van der Waals surface area contributed by atoms with Crippen molar-refractivity contribution in [2.75, 3.05) is 12.8 Å². The van der Waals surface area contributed by atoms with E-state index in [-0.39, 0.29) is 9.64 Å². The normalized spacial score (nSPS) is 18.0. The van der Waals surface area contributed by atoms with Crippen LogP contribution in [0, 0.1) is 0 Å². The summed E-state index contributed by atoms with van der Waals surface area (Å²) in [6, 6.07) is 1.55. The fraction of sp³-hybridized carbons (Fsp3) is 0.500. The van der Waals surface area contributed by atoms with E-state index in [1.807, 2.05) is 6.26 Å². The Morgan fingerprint density at radius 2 is 2.24 bits per heavy atom. The number of rotatable bonds is 5. The van der Waals surface area contributed by atoms with Crippen LogP contribution >= 0.6 is 27.7 Å². The molecule has 0 bridgehead atoms. The Morgan fingerprint density at radius 1 is 1.53 bits per heavy atom. The first-order chi connectivity index (χ1) is 7.97. The number of hydrogen-bond acceptors (Lipinski definition) is 4.